The van der Waals surface area contributed by atoms with Gasteiger partial charge in [0, 0.05) is 33.0 Å². The summed E-state index contributed by atoms with van der Waals surface area (Å²) in [5, 5.41) is 9.18. The van der Waals surface area contributed by atoms with E-state index in [4.69, 9.17) is 4.79 Å². The zero-order chi connectivity index (χ0) is 23.1. The molecule has 0 radical (unpaired) electrons. The van der Waals surface area contributed by atoms with Crippen LogP contribution in [-0.4, -0.2) is 24.2 Å². The Morgan fingerprint density at radius 3 is 2.32 bits per heavy atom. The van der Waals surface area contributed by atoms with Crippen molar-refractivity contribution in [3.05, 3.63) is 63.1 Å². The van der Waals surface area contributed by atoms with E-state index in [1.165, 1.54) is 5.56 Å². The van der Waals surface area contributed by atoms with E-state index in [2.05, 4.69) is 75.5 Å². The Hall–Kier alpha value is -1.86. The fraction of sp³-hybridized carbons (Fsp3) is 0.348. The molecular weight excluding hydrogens is 581 g/mol. The number of hydrogen-bond acceptors (Lipinski definition) is 4. The van der Waals surface area contributed by atoms with Crippen LogP contribution in [0, 0.1) is 11.3 Å². The molecule has 0 saturated carbocycles. The molecule has 1 aliphatic heterocycles. The maximum absolute atomic E-state index is 12.9. The Balaban J connectivity index is 0.000000785. The van der Waals surface area contributed by atoms with Gasteiger partial charge < -0.3 is 4.90 Å². The Kier molecular flexibility index (Phi) is 9.56. The summed E-state index contributed by atoms with van der Waals surface area (Å²) in [6.45, 7) is 4.29. The van der Waals surface area contributed by atoms with Crippen molar-refractivity contribution in [3.8, 4) is 6.07 Å². The van der Waals surface area contributed by atoms with Crippen LogP contribution in [0.25, 0.3) is 0 Å². The van der Waals surface area contributed by atoms with Gasteiger partial charge in [0.05, 0.1) is 18.2 Å². The standard InChI is InChI=1S/C22H22BrIN2O.CF2O/c1-14(2)26-19(7-8-25)11-18-10-17(12-20(23)22(18)26)21(27)9-15-3-5-16(13-24)6-4-15;2-1(3)4/h3-6,10,12,14,19H,7,9,11,13H2,1-2H3;. The smallest absolute Gasteiger partial charge is 0.364 e. The second-order valence-electron chi connectivity index (χ2n) is 7.46. The number of fused-ring (bicyclic) bond motifs is 1. The number of nitrogens with zero attached hydrogens (tertiary/aromatic N) is 2. The third-order valence-electron chi connectivity index (χ3n) is 5.00. The summed E-state index contributed by atoms with van der Waals surface area (Å²) < 4.78 is 21.3. The number of halogens is 4. The summed E-state index contributed by atoms with van der Waals surface area (Å²) in [7, 11) is 0. The molecule has 2 aromatic carbocycles. The SMILES string of the molecule is CC(C)N1c2c(Br)cc(C(=O)Cc3ccc(CI)cc3)cc2CC1CC#N.O=C(F)F. The number of nitriles is 1. The molecule has 4 nitrogen and oxygen atoms in total. The molecule has 0 aromatic heterocycles. The summed E-state index contributed by atoms with van der Waals surface area (Å²) in [5.74, 6) is 0.126. The second kappa shape index (κ2) is 11.7. The first kappa shape index (κ1) is 25.4. The van der Waals surface area contributed by atoms with E-state index < -0.39 is 6.29 Å². The lowest BCUT2D eigenvalue weighted by Gasteiger charge is -2.31. The van der Waals surface area contributed by atoms with Crippen molar-refractivity contribution >= 4 is 56.3 Å². The normalized spacial score (nSPS) is 14.5. The largest absolute Gasteiger partial charge is 0.483 e. The number of Topliss-reactive ketones (excluding diaryl/α,β-unsaturated/α-hetero) is 1. The summed E-state index contributed by atoms with van der Waals surface area (Å²) in [6.07, 6.45) is -1.13. The summed E-state index contributed by atoms with van der Waals surface area (Å²) in [6, 6.07) is 15.0. The molecule has 1 aliphatic rings. The van der Waals surface area contributed by atoms with E-state index in [-0.39, 0.29) is 11.8 Å². The van der Waals surface area contributed by atoms with E-state index in [9.17, 15) is 18.8 Å². The molecule has 0 spiro atoms. The monoisotopic (exact) mass is 602 g/mol. The molecule has 0 amide bonds. The minimum absolute atomic E-state index is 0.126. The van der Waals surface area contributed by atoms with Crippen molar-refractivity contribution in [1.29, 1.82) is 5.26 Å². The lowest BCUT2D eigenvalue weighted by molar-refractivity contribution is 0.0992. The van der Waals surface area contributed by atoms with Gasteiger partial charge in [0.25, 0.3) is 0 Å². The van der Waals surface area contributed by atoms with Crippen LogP contribution in [0.3, 0.4) is 0 Å². The highest BCUT2D eigenvalue weighted by molar-refractivity contribution is 14.1. The molecule has 0 fully saturated rings. The first-order valence-corrected chi connectivity index (χ1v) is 12.0. The molecule has 1 atom stereocenters. The van der Waals surface area contributed by atoms with Gasteiger partial charge in [-0.15, -0.1) is 8.78 Å². The van der Waals surface area contributed by atoms with E-state index in [0.717, 1.165) is 37.7 Å². The molecule has 0 bridgehead atoms. The topological polar surface area (TPSA) is 61.2 Å². The van der Waals surface area contributed by atoms with Crippen molar-refractivity contribution in [2.75, 3.05) is 4.90 Å². The van der Waals surface area contributed by atoms with Gasteiger partial charge in [-0.25, -0.2) is 4.79 Å². The first-order valence-electron chi connectivity index (χ1n) is 9.67. The van der Waals surface area contributed by atoms with Gasteiger partial charge in [0.15, 0.2) is 5.78 Å². The highest BCUT2D eigenvalue weighted by Crippen LogP contribution is 2.41. The van der Waals surface area contributed by atoms with Gasteiger partial charge >= 0.3 is 6.29 Å². The zero-order valence-electron chi connectivity index (χ0n) is 17.2. The predicted octanol–water partition coefficient (Wildman–Crippen LogP) is 6.91. The average molecular weight is 603 g/mol. The van der Waals surface area contributed by atoms with Crippen molar-refractivity contribution in [2.45, 2.75) is 49.6 Å². The van der Waals surface area contributed by atoms with Crippen LogP contribution in [0.5, 0.6) is 0 Å². The third kappa shape index (κ3) is 6.81. The second-order valence-corrected chi connectivity index (χ2v) is 9.08. The lowest BCUT2D eigenvalue weighted by atomic mass is 9.99. The third-order valence-corrected chi connectivity index (χ3v) is 6.48. The van der Waals surface area contributed by atoms with Crippen molar-refractivity contribution in [1.82, 2.24) is 0 Å². The molecule has 0 N–H and O–H groups in total. The van der Waals surface area contributed by atoms with Gasteiger partial charge in [-0.2, -0.15) is 5.26 Å². The maximum Gasteiger partial charge on any atom is 0.483 e. The number of anilines is 1. The minimum atomic E-state index is -2.83. The van der Waals surface area contributed by atoms with E-state index in [1.54, 1.807) is 0 Å². The van der Waals surface area contributed by atoms with Gasteiger partial charge in [0.1, 0.15) is 0 Å². The first-order chi connectivity index (χ1) is 14.7. The summed E-state index contributed by atoms with van der Waals surface area (Å²) in [5.41, 5.74) is 5.33. The quantitative estimate of drug-likeness (QED) is 0.156. The number of hydrogen-bond donors (Lipinski definition) is 0. The molecule has 31 heavy (non-hydrogen) atoms. The minimum Gasteiger partial charge on any atom is -0.364 e. The molecule has 3 rings (SSSR count). The van der Waals surface area contributed by atoms with Crippen molar-refractivity contribution in [2.24, 2.45) is 0 Å². The fourth-order valence-electron chi connectivity index (χ4n) is 3.79. The molecule has 1 heterocycles. The molecule has 1 unspecified atom stereocenters. The van der Waals surface area contributed by atoms with Gasteiger partial charge in [-0.05, 0) is 65.0 Å². The Morgan fingerprint density at radius 1 is 1.23 bits per heavy atom. The summed E-state index contributed by atoms with van der Waals surface area (Å²) >= 11 is 6.02. The Morgan fingerprint density at radius 2 is 1.81 bits per heavy atom. The molecule has 2 aromatic rings. The van der Waals surface area contributed by atoms with Crippen molar-refractivity contribution < 1.29 is 18.4 Å². The molecule has 164 valence electrons. The van der Waals surface area contributed by atoms with Gasteiger partial charge in [-0.1, -0.05) is 46.9 Å². The molecule has 0 saturated heterocycles. The van der Waals surface area contributed by atoms with Crippen LogP contribution in [-0.2, 0) is 17.3 Å². The highest BCUT2D eigenvalue weighted by atomic mass is 127. The zero-order valence-corrected chi connectivity index (χ0v) is 20.9. The van der Waals surface area contributed by atoms with Crippen LogP contribution >= 0.6 is 38.5 Å². The van der Waals surface area contributed by atoms with Gasteiger partial charge in [0.2, 0.25) is 0 Å². The molecule has 8 heteroatoms. The number of alkyl halides is 1. The lowest BCUT2D eigenvalue weighted by Crippen LogP contribution is -2.37. The number of benzene rings is 2. The van der Waals surface area contributed by atoms with Crippen LogP contribution in [0.4, 0.5) is 19.3 Å². The molecule has 0 aliphatic carbocycles. The Labute approximate surface area is 202 Å². The highest BCUT2D eigenvalue weighted by Gasteiger charge is 2.33. The van der Waals surface area contributed by atoms with Crippen LogP contribution in [0.15, 0.2) is 40.9 Å². The van der Waals surface area contributed by atoms with E-state index in [1.807, 2.05) is 24.3 Å². The maximum atomic E-state index is 12.9. The van der Waals surface area contributed by atoms with Crippen LogP contribution in [0.1, 0.15) is 47.3 Å². The van der Waals surface area contributed by atoms with Crippen LogP contribution in [0.2, 0.25) is 0 Å². The number of rotatable bonds is 6. The van der Waals surface area contributed by atoms with E-state index >= 15 is 0 Å². The van der Waals surface area contributed by atoms with Crippen molar-refractivity contribution in [3.63, 3.8) is 0 Å². The average Bonchev–Trinajstić information content (AvgIpc) is 3.07. The van der Waals surface area contributed by atoms with Gasteiger partial charge in [-0.3, -0.25) is 4.79 Å². The molecular formula is C23H22BrF2IN2O2. The predicted molar refractivity (Wildman–Crippen MR) is 129 cm³/mol. The Bertz CT molecular complexity index is 986. The van der Waals surface area contributed by atoms with E-state index in [0.29, 0.717) is 18.9 Å². The summed E-state index contributed by atoms with van der Waals surface area (Å²) in [4.78, 5) is 23.3. The number of carbonyl (C=O) groups excluding carboxylic acids is 2. The fourth-order valence-corrected chi connectivity index (χ4v) is 5.00. The number of ketones is 1. The van der Waals surface area contributed by atoms with Crippen LogP contribution < -0.4 is 4.90 Å². The number of carbonyl (C=O) groups is 2.